The van der Waals surface area contributed by atoms with Crippen LogP contribution in [0.25, 0.3) is 0 Å². The van der Waals surface area contributed by atoms with Crippen molar-refractivity contribution < 1.29 is 19.7 Å². The molecule has 0 heterocycles. The summed E-state index contributed by atoms with van der Waals surface area (Å²) in [7, 11) is 0. The van der Waals surface area contributed by atoms with E-state index in [1.165, 1.54) is 6.92 Å². The van der Waals surface area contributed by atoms with Crippen LogP contribution in [0.15, 0.2) is 0 Å². The molecule has 0 aliphatic heterocycles. The van der Waals surface area contributed by atoms with Crippen LogP contribution in [-0.4, -0.2) is 35.5 Å². The third-order valence-corrected chi connectivity index (χ3v) is 2.68. The lowest BCUT2D eigenvalue weighted by Gasteiger charge is -2.13. The van der Waals surface area contributed by atoms with Gasteiger partial charge in [-0.15, -0.1) is 0 Å². The summed E-state index contributed by atoms with van der Waals surface area (Å²) in [4.78, 5) is 10.5. The molecule has 3 atom stereocenters. The van der Waals surface area contributed by atoms with Crippen LogP contribution >= 0.6 is 0 Å². The summed E-state index contributed by atoms with van der Waals surface area (Å²) < 4.78 is 4.86. The van der Waals surface area contributed by atoms with Gasteiger partial charge in [0.1, 0.15) is 0 Å². The normalized spacial score (nSPS) is 34.0. The number of esters is 1. The molecule has 0 saturated heterocycles. The number of ether oxygens (including phenoxy) is 1. The zero-order chi connectivity index (χ0) is 10.1. The average molecular weight is 188 g/mol. The zero-order valence-electron chi connectivity index (χ0n) is 7.99. The molecule has 0 amide bonds. The van der Waals surface area contributed by atoms with Crippen molar-refractivity contribution in [1.29, 1.82) is 0 Å². The van der Waals surface area contributed by atoms with Gasteiger partial charge in [-0.2, -0.15) is 0 Å². The van der Waals surface area contributed by atoms with Crippen LogP contribution < -0.4 is 0 Å². The van der Waals surface area contributed by atoms with E-state index in [-0.39, 0.29) is 23.9 Å². The molecule has 1 rings (SSSR count). The molecule has 0 aromatic carbocycles. The second-order valence-corrected chi connectivity index (χ2v) is 3.99. The monoisotopic (exact) mass is 188 g/mol. The van der Waals surface area contributed by atoms with E-state index in [0.29, 0.717) is 6.61 Å². The quantitative estimate of drug-likeness (QED) is 0.606. The van der Waals surface area contributed by atoms with Gasteiger partial charge in [-0.3, -0.25) is 4.79 Å². The third kappa shape index (κ3) is 2.42. The van der Waals surface area contributed by atoms with Crippen LogP contribution in [0.1, 0.15) is 20.3 Å². The van der Waals surface area contributed by atoms with E-state index in [1.807, 2.05) is 6.92 Å². The number of hydrogen-bond acceptors (Lipinski definition) is 4. The Morgan fingerprint density at radius 3 is 2.85 bits per heavy atom. The van der Waals surface area contributed by atoms with Crippen molar-refractivity contribution in [3.05, 3.63) is 0 Å². The van der Waals surface area contributed by atoms with Crippen molar-refractivity contribution in [1.82, 2.24) is 0 Å². The molecule has 13 heavy (non-hydrogen) atoms. The summed E-state index contributed by atoms with van der Waals surface area (Å²) in [6, 6.07) is 0. The molecule has 0 radical (unpaired) electrons. The third-order valence-electron chi connectivity index (χ3n) is 2.68. The second-order valence-electron chi connectivity index (χ2n) is 3.99. The maximum absolute atomic E-state index is 10.5. The highest BCUT2D eigenvalue weighted by molar-refractivity contribution is 5.65. The van der Waals surface area contributed by atoms with Crippen LogP contribution in [0.5, 0.6) is 0 Å². The number of hydrogen-bond donors (Lipinski definition) is 2. The number of aliphatic hydroxyl groups excluding tert-OH is 2. The molecule has 1 aliphatic carbocycles. The highest BCUT2D eigenvalue weighted by atomic mass is 16.5. The van der Waals surface area contributed by atoms with E-state index in [4.69, 9.17) is 9.84 Å². The van der Waals surface area contributed by atoms with Gasteiger partial charge in [-0.1, -0.05) is 6.92 Å². The number of rotatable bonds is 4. The fourth-order valence-electron chi connectivity index (χ4n) is 1.60. The molecule has 76 valence electrons. The molecular formula is C9H16O4. The summed E-state index contributed by atoms with van der Waals surface area (Å²) >= 11 is 0. The number of carbonyl (C=O) groups is 1. The van der Waals surface area contributed by atoms with Gasteiger partial charge < -0.3 is 14.9 Å². The summed E-state index contributed by atoms with van der Waals surface area (Å²) in [6.45, 7) is 3.42. The van der Waals surface area contributed by atoms with Crippen LogP contribution in [0.2, 0.25) is 0 Å². The topological polar surface area (TPSA) is 66.8 Å². The van der Waals surface area contributed by atoms with E-state index in [0.717, 1.165) is 6.42 Å². The molecule has 4 nitrogen and oxygen atoms in total. The van der Waals surface area contributed by atoms with Gasteiger partial charge in [0.15, 0.2) is 0 Å². The molecule has 0 bridgehead atoms. The van der Waals surface area contributed by atoms with E-state index in [2.05, 4.69) is 0 Å². The van der Waals surface area contributed by atoms with Crippen molar-refractivity contribution in [2.24, 2.45) is 11.3 Å². The first-order valence-corrected chi connectivity index (χ1v) is 4.42. The van der Waals surface area contributed by atoms with E-state index in [1.54, 1.807) is 0 Å². The second kappa shape index (κ2) is 3.64. The van der Waals surface area contributed by atoms with Gasteiger partial charge in [0.05, 0.1) is 19.3 Å². The fraction of sp³-hybridized carbons (Fsp3) is 0.889. The molecule has 2 unspecified atom stereocenters. The highest BCUT2D eigenvalue weighted by Crippen LogP contribution is 2.54. The Morgan fingerprint density at radius 2 is 2.38 bits per heavy atom. The zero-order valence-corrected chi connectivity index (χ0v) is 7.99. The molecule has 1 aliphatic rings. The lowest BCUT2D eigenvalue weighted by atomic mass is 10.1. The molecule has 0 spiro atoms. The van der Waals surface area contributed by atoms with Crippen molar-refractivity contribution in [2.45, 2.75) is 26.4 Å². The summed E-state index contributed by atoms with van der Waals surface area (Å²) in [5.41, 5.74) is -0.131. The average Bonchev–Trinajstić information content (AvgIpc) is 2.74. The number of carbonyl (C=O) groups excluding carboxylic acids is 1. The molecule has 1 saturated carbocycles. The SMILES string of the molecule is CC(=O)OCC1(C)CC1[C@H](O)CO. The van der Waals surface area contributed by atoms with Crippen LogP contribution in [0.3, 0.4) is 0 Å². The molecular weight excluding hydrogens is 172 g/mol. The van der Waals surface area contributed by atoms with Gasteiger partial charge in [-0.25, -0.2) is 0 Å². The molecule has 2 N–H and O–H groups in total. The van der Waals surface area contributed by atoms with Crippen molar-refractivity contribution in [3.63, 3.8) is 0 Å². The van der Waals surface area contributed by atoms with Gasteiger partial charge in [-0.05, 0) is 12.3 Å². The fourth-order valence-corrected chi connectivity index (χ4v) is 1.60. The first kappa shape index (κ1) is 10.5. The minimum Gasteiger partial charge on any atom is -0.465 e. The Hall–Kier alpha value is -0.610. The van der Waals surface area contributed by atoms with Gasteiger partial charge >= 0.3 is 5.97 Å². The first-order valence-electron chi connectivity index (χ1n) is 4.42. The predicted octanol–water partition coefficient (Wildman–Crippen LogP) is -0.0711. The van der Waals surface area contributed by atoms with Crippen LogP contribution in [0.4, 0.5) is 0 Å². The lowest BCUT2D eigenvalue weighted by molar-refractivity contribution is -0.143. The first-order chi connectivity index (χ1) is 5.99. The van der Waals surface area contributed by atoms with E-state index in [9.17, 15) is 9.90 Å². The number of aliphatic hydroxyl groups is 2. The standard InChI is InChI=1S/C9H16O4/c1-6(11)13-5-9(2)3-7(9)8(12)4-10/h7-8,10,12H,3-5H2,1-2H3/t7?,8-,9?/m1/s1. The maximum atomic E-state index is 10.5. The maximum Gasteiger partial charge on any atom is 0.302 e. The van der Waals surface area contributed by atoms with Crippen molar-refractivity contribution >= 4 is 5.97 Å². The lowest BCUT2D eigenvalue weighted by Crippen LogP contribution is -2.21. The van der Waals surface area contributed by atoms with Crippen molar-refractivity contribution in [3.8, 4) is 0 Å². The van der Waals surface area contributed by atoms with E-state index >= 15 is 0 Å². The van der Waals surface area contributed by atoms with E-state index < -0.39 is 6.10 Å². The summed E-state index contributed by atoms with van der Waals surface area (Å²) in [6.07, 6.45) is 0.128. The van der Waals surface area contributed by atoms with Crippen LogP contribution in [-0.2, 0) is 9.53 Å². The summed E-state index contributed by atoms with van der Waals surface area (Å²) in [5.74, 6) is -0.234. The summed E-state index contributed by atoms with van der Waals surface area (Å²) in [5, 5.41) is 18.0. The van der Waals surface area contributed by atoms with Gasteiger partial charge in [0, 0.05) is 12.3 Å². The van der Waals surface area contributed by atoms with Crippen LogP contribution in [0, 0.1) is 11.3 Å². The predicted molar refractivity (Wildman–Crippen MR) is 45.9 cm³/mol. The highest BCUT2D eigenvalue weighted by Gasteiger charge is 2.54. The minimum atomic E-state index is -0.680. The Balaban J connectivity index is 2.32. The molecule has 1 fully saturated rings. The Labute approximate surface area is 77.5 Å². The molecule has 0 aromatic rings. The van der Waals surface area contributed by atoms with Gasteiger partial charge in [0.2, 0.25) is 0 Å². The largest absolute Gasteiger partial charge is 0.465 e. The smallest absolute Gasteiger partial charge is 0.302 e. The molecule has 0 aromatic heterocycles. The Kier molecular flexibility index (Phi) is 2.93. The minimum absolute atomic E-state index is 0.0665. The van der Waals surface area contributed by atoms with Crippen molar-refractivity contribution in [2.75, 3.05) is 13.2 Å². The van der Waals surface area contributed by atoms with Gasteiger partial charge in [0.25, 0.3) is 0 Å². The Morgan fingerprint density at radius 1 is 1.77 bits per heavy atom. The molecule has 4 heteroatoms. The Bertz CT molecular complexity index is 204.